The van der Waals surface area contributed by atoms with E-state index in [4.69, 9.17) is 15.6 Å². The van der Waals surface area contributed by atoms with E-state index in [1.54, 1.807) is 0 Å². The van der Waals surface area contributed by atoms with E-state index < -0.39 is 12.1 Å². The predicted octanol–water partition coefficient (Wildman–Crippen LogP) is 3.12. The molecule has 7 heteroatoms. The fourth-order valence-electron chi connectivity index (χ4n) is 1.59. The second kappa shape index (κ2) is 9.94. The average Bonchev–Trinajstić information content (AvgIpc) is 2.47. The molecular formula is C15H20F3NO3. The van der Waals surface area contributed by atoms with Crippen molar-refractivity contribution in [1.82, 2.24) is 0 Å². The summed E-state index contributed by atoms with van der Waals surface area (Å²) in [5, 5.41) is 7.12. The van der Waals surface area contributed by atoms with Crippen molar-refractivity contribution in [2.75, 3.05) is 6.54 Å². The summed E-state index contributed by atoms with van der Waals surface area (Å²) in [5.74, 6) is -2.42. The first-order valence-electron chi connectivity index (χ1n) is 6.78. The van der Waals surface area contributed by atoms with Crippen LogP contribution in [0.2, 0.25) is 0 Å². The summed E-state index contributed by atoms with van der Waals surface area (Å²) in [7, 11) is 0. The Morgan fingerprint density at radius 3 is 2.09 bits per heavy atom. The van der Waals surface area contributed by atoms with Crippen LogP contribution >= 0.6 is 0 Å². The third-order valence-corrected chi connectivity index (χ3v) is 2.90. The van der Waals surface area contributed by atoms with Gasteiger partial charge in [0.1, 0.15) is 5.78 Å². The van der Waals surface area contributed by atoms with Crippen molar-refractivity contribution in [3.63, 3.8) is 0 Å². The number of halogens is 3. The van der Waals surface area contributed by atoms with E-state index in [1.807, 2.05) is 37.3 Å². The van der Waals surface area contributed by atoms with Crippen molar-refractivity contribution in [3.05, 3.63) is 35.9 Å². The third kappa shape index (κ3) is 8.41. The predicted molar refractivity (Wildman–Crippen MR) is 76.5 cm³/mol. The van der Waals surface area contributed by atoms with Crippen LogP contribution in [0.5, 0.6) is 0 Å². The minimum absolute atomic E-state index is 0.0176. The Bertz CT molecular complexity index is 461. The molecule has 1 aromatic carbocycles. The van der Waals surface area contributed by atoms with Crippen LogP contribution in [0.3, 0.4) is 0 Å². The van der Waals surface area contributed by atoms with E-state index in [-0.39, 0.29) is 5.92 Å². The molecule has 0 amide bonds. The van der Waals surface area contributed by atoms with Crippen LogP contribution < -0.4 is 5.73 Å². The third-order valence-electron chi connectivity index (χ3n) is 2.90. The molecule has 0 fully saturated rings. The summed E-state index contributed by atoms with van der Waals surface area (Å²) < 4.78 is 31.7. The molecule has 0 aliphatic carbocycles. The Balaban J connectivity index is 0.000000534. The van der Waals surface area contributed by atoms with Crippen LogP contribution in [0, 0.1) is 0 Å². The summed E-state index contributed by atoms with van der Waals surface area (Å²) >= 11 is 0. The molecule has 3 N–H and O–H groups in total. The normalized spacial score (nSPS) is 12.0. The molecule has 0 radical (unpaired) electrons. The van der Waals surface area contributed by atoms with Gasteiger partial charge in [-0.15, -0.1) is 0 Å². The molecule has 124 valence electrons. The van der Waals surface area contributed by atoms with Crippen molar-refractivity contribution < 1.29 is 27.9 Å². The van der Waals surface area contributed by atoms with Gasteiger partial charge in [-0.3, -0.25) is 4.79 Å². The van der Waals surface area contributed by atoms with Gasteiger partial charge in [0, 0.05) is 12.3 Å². The van der Waals surface area contributed by atoms with Crippen molar-refractivity contribution in [2.24, 2.45) is 5.73 Å². The Morgan fingerprint density at radius 1 is 1.18 bits per heavy atom. The number of carboxylic acids is 1. The monoisotopic (exact) mass is 319 g/mol. The van der Waals surface area contributed by atoms with Gasteiger partial charge < -0.3 is 10.8 Å². The number of alkyl halides is 3. The van der Waals surface area contributed by atoms with Crippen LogP contribution in [0.1, 0.15) is 37.7 Å². The van der Waals surface area contributed by atoms with Crippen molar-refractivity contribution in [1.29, 1.82) is 0 Å². The highest BCUT2D eigenvalue weighted by atomic mass is 19.4. The van der Waals surface area contributed by atoms with E-state index in [0.717, 1.165) is 18.4 Å². The topological polar surface area (TPSA) is 80.4 Å². The van der Waals surface area contributed by atoms with Gasteiger partial charge in [-0.05, 0) is 24.9 Å². The van der Waals surface area contributed by atoms with Gasteiger partial charge in [0.05, 0.1) is 0 Å². The van der Waals surface area contributed by atoms with Gasteiger partial charge >= 0.3 is 12.1 Å². The Labute approximate surface area is 127 Å². The Hall–Kier alpha value is -1.89. The van der Waals surface area contributed by atoms with E-state index in [9.17, 15) is 18.0 Å². The lowest BCUT2D eigenvalue weighted by Crippen LogP contribution is -2.21. The molecule has 0 aromatic heterocycles. The van der Waals surface area contributed by atoms with Crippen molar-refractivity contribution in [2.45, 2.75) is 38.3 Å². The number of hydrogen-bond acceptors (Lipinski definition) is 3. The van der Waals surface area contributed by atoms with E-state index in [0.29, 0.717) is 18.7 Å². The lowest BCUT2D eigenvalue weighted by atomic mass is 9.94. The lowest BCUT2D eigenvalue weighted by Gasteiger charge is -2.10. The summed E-state index contributed by atoms with van der Waals surface area (Å²) in [4.78, 5) is 20.7. The van der Waals surface area contributed by atoms with Gasteiger partial charge in [-0.25, -0.2) is 4.79 Å². The summed E-state index contributed by atoms with van der Waals surface area (Å²) in [6.45, 7) is 2.65. The van der Waals surface area contributed by atoms with E-state index >= 15 is 0 Å². The molecule has 0 aliphatic rings. The number of aliphatic carboxylic acids is 1. The molecule has 4 nitrogen and oxygen atoms in total. The first-order valence-corrected chi connectivity index (χ1v) is 6.78. The maximum Gasteiger partial charge on any atom is 0.490 e. The summed E-state index contributed by atoms with van der Waals surface area (Å²) in [6.07, 6.45) is -2.59. The first kappa shape index (κ1) is 20.1. The second-order valence-electron chi connectivity index (χ2n) is 4.65. The van der Waals surface area contributed by atoms with Crippen molar-refractivity contribution in [3.8, 4) is 0 Å². The van der Waals surface area contributed by atoms with Gasteiger partial charge in [0.15, 0.2) is 0 Å². The molecule has 0 spiro atoms. The largest absolute Gasteiger partial charge is 0.490 e. The highest BCUT2D eigenvalue weighted by Gasteiger charge is 2.38. The van der Waals surface area contributed by atoms with E-state index in [1.165, 1.54) is 0 Å². The Kier molecular flexibility index (Phi) is 9.09. The molecule has 0 saturated carbocycles. The molecule has 1 unspecified atom stereocenters. The maximum absolute atomic E-state index is 11.8. The number of carboxylic acid groups (broad SMARTS) is 1. The van der Waals surface area contributed by atoms with Gasteiger partial charge in [0.2, 0.25) is 0 Å². The standard InChI is InChI=1S/C13H19NO.C2HF3O2/c1-11(12-7-3-2-4-8-12)13(15)9-5-6-10-14;3-2(4,5)1(6)7/h2-4,7-8,11H,5-6,9-10,14H2,1H3;(H,6,7). The molecule has 1 aromatic rings. The quantitative estimate of drug-likeness (QED) is 0.790. The van der Waals surface area contributed by atoms with Gasteiger partial charge in [0.25, 0.3) is 0 Å². The number of unbranched alkanes of at least 4 members (excludes halogenated alkanes) is 1. The minimum atomic E-state index is -5.08. The minimum Gasteiger partial charge on any atom is -0.475 e. The molecule has 0 saturated heterocycles. The smallest absolute Gasteiger partial charge is 0.475 e. The van der Waals surface area contributed by atoms with Gasteiger partial charge in [-0.1, -0.05) is 37.3 Å². The van der Waals surface area contributed by atoms with Crippen LogP contribution in [0.15, 0.2) is 30.3 Å². The zero-order valence-electron chi connectivity index (χ0n) is 12.3. The summed E-state index contributed by atoms with van der Waals surface area (Å²) in [5.41, 5.74) is 6.50. The SMILES string of the molecule is CC(C(=O)CCCCN)c1ccccc1.O=C(O)C(F)(F)F. The number of rotatable bonds is 6. The van der Waals surface area contributed by atoms with Crippen LogP contribution in [0.4, 0.5) is 13.2 Å². The van der Waals surface area contributed by atoms with E-state index in [2.05, 4.69) is 0 Å². The van der Waals surface area contributed by atoms with Crippen LogP contribution in [0.25, 0.3) is 0 Å². The highest BCUT2D eigenvalue weighted by Crippen LogP contribution is 2.18. The number of ketones is 1. The second-order valence-corrected chi connectivity index (χ2v) is 4.65. The molecule has 22 heavy (non-hydrogen) atoms. The van der Waals surface area contributed by atoms with Crippen LogP contribution in [-0.2, 0) is 9.59 Å². The number of benzene rings is 1. The molecule has 0 bridgehead atoms. The fourth-order valence-corrected chi connectivity index (χ4v) is 1.59. The molecule has 1 atom stereocenters. The summed E-state index contributed by atoms with van der Waals surface area (Å²) in [6, 6.07) is 9.92. The molecular weight excluding hydrogens is 299 g/mol. The molecule has 0 heterocycles. The lowest BCUT2D eigenvalue weighted by molar-refractivity contribution is -0.192. The number of hydrogen-bond donors (Lipinski definition) is 2. The van der Waals surface area contributed by atoms with Gasteiger partial charge in [-0.2, -0.15) is 13.2 Å². The number of carbonyl (C=O) groups is 2. The zero-order valence-corrected chi connectivity index (χ0v) is 12.3. The maximum atomic E-state index is 11.8. The van der Waals surface area contributed by atoms with Crippen molar-refractivity contribution >= 4 is 11.8 Å². The fraction of sp³-hybridized carbons (Fsp3) is 0.467. The first-order chi connectivity index (χ1) is 10.2. The average molecular weight is 319 g/mol. The highest BCUT2D eigenvalue weighted by molar-refractivity contribution is 5.85. The molecule has 1 rings (SSSR count). The number of carbonyl (C=O) groups excluding carboxylic acids is 1. The number of nitrogens with two attached hydrogens (primary N) is 1. The number of Topliss-reactive ketones (excluding diaryl/α,β-unsaturated/α-hetero) is 1. The zero-order chi connectivity index (χ0) is 17.2. The van der Waals surface area contributed by atoms with Crippen LogP contribution in [-0.4, -0.2) is 29.6 Å². The Morgan fingerprint density at radius 2 is 1.68 bits per heavy atom. The molecule has 0 aliphatic heterocycles.